The zero-order valence-electron chi connectivity index (χ0n) is 7.47. The Kier molecular flexibility index (Phi) is 3.00. The van der Waals surface area contributed by atoms with E-state index < -0.39 is 13.4 Å². The monoisotopic (exact) mass is 194 g/mol. The number of carbonyl (C=O) groups excluding carboxylic acids is 1. The summed E-state index contributed by atoms with van der Waals surface area (Å²) >= 11 is 0. The molecule has 0 N–H and O–H groups in total. The van der Waals surface area contributed by atoms with E-state index in [0.29, 0.717) is 0 Å². The van der Waals surface area contributed by atoms with Crippen molar-refractivity contribution in [2.45, 2.75) is 13.3 Å². The van der Waals surface area contributed by atoms with Crippen LogP contribution < -0.4 is 0 Å². The van der Waals surface area contributed by atoms with Crippen LogP contribution in [0.25, 0.3) is 0 Å². The maximum atomic E-state index is 12.0. The van der Waals surface area contributed by atoms with Gasteiger partial charge in [-0.3, -0.25) is 4.79 Å². The molecule has 1 unspecified atom stereocenters. The summed E-state index contributed by atoms with van der Waals surface area (Å²) in [6.07, 6.45) is -0.578. The highest BCUT2D eigenvalue weighted by Crippen LogP contribution is 2.16. The van der Waals surface area contributed by atoms with Gasteiger partial charge in [-0.05, 0) is 6.44 Å². The molecule has 0 aliphatic carbocycles. The van der Waals surface area contributed by atoms with Crippen molar-refractivity contribution < 1.29 is 17.7 Å². The molecule has 0 saturated carbocycles. The number of hydrogen-bond acceptors (Lipinski definition) is 2. The lowest BCUT2D eigenvalue weighted by atomic mass is 9.88. The Hall–Kier alpha value is -0.515. The number of nitrogens with zero attached hydrogens (tertiary/aromatic N) is 1. The maximum Gasteiger partial charge on any atom is 0.492 e. The number of carbonyl (C=O) groups is 1. The molecule has 76 valence electrons. The van der Waals surface area contributed by atoms with Crippen LogP contribution in [0.15, 0.2) is 0 Å². The molecule has 1 aliphatic rings. The molecular weight excluding hydrogens is 182 g/mol. The zero-order valence-corrected chi connectivity index (χ0v) is 7.47. The first kappa shape index (κ1) is 10.6. The third-order valence-electron chi connectivity index (χ3n) is 2.22. The number of Topliss-reactive ketones (excluding diaryl/α,β-unsaturated/α-hetero) is 1. The number of piperidine rings is 1. The fraction of sp³-hybridized carbons (Fsp3) is 0.857. The molecule has 0 aromatic rings. The molecule has 1 fully saturated rings. The van der Waals surface area contributed by atoms with Gasteiger partial charge in [0.15, 0.2) is 0 Å². The van der Waals surface area contributed by atoms with Crippen LogP contribution in [0.3, 0.4) is 0 Å². The normalized spacial score (nSPS) is 26.5. The molecule has 6 heteroatoms. The van der Waals surface area contributed by atoms with Crippen LogP contribution in [0.1, 0.15) is 13.3 Å². The Balaban J connectivity index is 2.42. The fourth-order valence-electron chi connectivity index (χ4n) is 1.55. The van der Waals surface area contributed by atoms with Gasteiger partial charge in [-0.15, -0.1) is 0 Å². The van der Waals surface area contributed by atoms with Gasteiger partial charge in [0.05, 0.1) is 0 Å². The topological polar surface area (TPSA) is 20.3 Å². The summed E-state index contributed by atoms with van der Waals surface area (Å²) in [4.78, 5) is 12.3. The molecule has 0 amide bonds. The van der Waals surface area contributed by atoms with Crippen LogP contribution in [0, 0.1) is 5.92 Å². The smallest absolute Gasteiger partial charge is 0.448 e. The van der Waals surface area contributed by atoms with Crippen molar-refractivity contribution in [1.82, 2.24) is 4.90 Å². The van der Waals surface area contributed by atoms with Crippen LogP contribution >= 0.6 is 0 Å². The van der Waals surface area contributed by atoms with E-state index >= 15 is 0 Å². The lowest BCUT2D eigenvalue weighted by Crippen LogP contribution is -2.46. The van der Waals surface area contributed by atoms with Gasteiger partial charge in [0.2, 0.25) is 0 Å². The highest BCUT2D eigenvalue weighted by Gasteiger charge is 2.30. The number of hydrogen-bond donors (Lipinski definition) is 0. The van der Waals surface area contributed by atoms with Crippen LogP contribution in [0.5, 0.6) is 0 Å². The number of rotatable bonds is 2. The summed E-state index contributed by atoms with van der Waals surface area (Å²) in [5.41, 5.74) is 0. The first-order valence-electron chi connectivity index (χ1n) is 4.34. The van der Waals surface area contributed by atoms with Crippen molar-refractivity contribution in [1.29, 1.82) is 0 Å². The van der Waals surface area contributed by atoms with Gasteiger partial charge in [-0.1, -0.05) is 6.92 Å². The van der Waals surface area contributed by atoms with Crippen molar-refractivity contribution in [3.05, 3.63) is 0 Å². The van der Waals surface area contributed by atoms with Crippen LogP contribution in [-0.2, 0) is 4.79 Å². The lowest BCUT2D eigenvalue weighted by Gasteiger charge is -2.33. The predicted octanol–water partition coefficient (Wildman–Crippen LogP) is 1.28. The van der Waals surface area contributed by atoms with Crippen molar-refractivity contribution in [3.8, 4) is 0 Å². The van der Waals surface area contributed by atoms with Crippen LogP contribution in [-0.4, -0.2) is 37.2 Å². The Morgan fingerprint density at radius 1 is 1.54 bits per heavy atom. The second kappa shape index (κ2) is 3.70. The minimum Gasteiger partial charge on any atom is -0.448 e. The first-order valence-corrected chi connectivity index (χ1v) is 4.34. The molecule has 1 rings (SSSR count). The Morgan fingerprint density at radius 3 is 2.62 bits per heavy atom. The van der Waals surface area contributed by atoms with Gasteiger partial charge >= 0.3 is 6.98 Å². The van der Waals surface area contributed by atoms with Gasteiger partial charge in [-0.25, -0.2) is 0 Å². The van der Waals surface area contributed by atoms with Crippen molar-refractivity contribution in [3.63, 3.8) is 0 Å². The average Bonchev–Trinajstić information content (AvgIpc) is 1.94. The van der Waals surface area contributed by atoms with Crippen LogP contribution in [0.4, 0.5) is 12.9 Å². The predicted molar refractivity (Wildman–Crippen MR) is 44.3 cm³/mol. The highest BCUT2D eigenvalue weighted by molar-refractivity contribution is 6.58. The van der Waals surface area contributed by atoms with E-state index in [1.807, 2.05) is 0 Å². The van der Waals surface area contributed by atoms with E-state index in [-0.39, 0.29) is 31.2 Å². The molecule has 2 nitrogen and oxygen atoms in total. The van der Waals surface area contributed by atoms with E-state index in [9.17, 15) is 17.7 Å². The summed E-state index contributed by atoms with van der Waals surface area (Å²) in [6, 6.07) is 0. The summed E-state index contributed by atoms with van der Waals surface area (Å²) in [5.74, 6) is -0.169. The SMILES string of the molecule is CC1CN(C[B-](F)(F)F)CCC1=O. The summed E-state index contributed by atoms with van der Waals surface area (Å²) < 4.78 is 36.0. The molecule has 0 aromatic heterocycles. The van der Waals surface area contributed by atoms with Crippen LogP contribution in [0.2, 0.25) is 0 Å². The Labute approximate surface area is 75.1 Å². The zero-order chi connectivity index (χ0) is 10.1. The molecule has 1 aliphatic heterocycles. The van der Waals surface area contributed by atoms with Gasteiger partial charge < -0.3 is 17.8 Å². The summed E-state index contributed by atoms with van der Waals surface area (Å²) in [6.45, 7) is -2.57. The average molecular weight is 194 g/mol. The van der Waals surface area contributed by atoms with E-state index in [1.165, 1.54) is 4.90 Å². The summed E-state index contributed by atoms with van der Waals surface area (Å²) in [7, 11) is 0. The first-order chi connectivity index (χ1) is 5.88. The van der Waals surface area contributed by atoms with Crippen molar-refractivity contribution >= 4 is 12.8 Å². The van der Waals surface area contributed by atoms with E-state index in [2.05, 4.69) is 0 Å². The highest BCUT2D eigenvalue weighted by atomic mass is 19.4. The molecule has 0 bridgehead atoms. The van der Waals surface area contributed by atoms with Gasteiger partial charge in [0.25, 0.3) is 0 Å². The number of likely N-dealkylation sites (tertiary alicyclic amines) is 1. The molecule has 1 heterocycles. The molecule has 0 radical (unpaired) electrons. The van der Waals surface area contributed by atoms with E-state index in [1.54, 1.807) is 6.92 Å². The Morgan fingerprint density at radius 2 is 2.15 bits per heavy atom. The fourth-order valence-corrected chi connectivity index (χ4v) is 1.55. The second-order valence-corrected chi connectivity index (χ2v) is 3.59. The largest absolute Gasteiger partial charge is 0.492 e. The molecule has 13 heavy (non-hydrogen) atoms. The minimum atomic E-state index is -4.75. The quantitative estimate of drug-likeness (QED) is 0.617. The molecular formula is C7H12BF3NO-. The van der Waals surface area contributed by atoms with Crippen molar-refractivity contribution in [2.75, 3.05) is 19.5 Å². The number of halogens is 3. The third-order valence-corrected chi connectivity index (χ3v) is 2.22. The van der Waals surface area contributed by atoms with Crippen molar-refractivity contribution in [2.24, 2.45) is 5.92 Å². The van der Waals surface area contributed by atoms with Gasteiger partial charge in [-0.2, -0.15) is 0 Å². The molecule has 0 spiro atoms. The van der Waals surface area contributed by atoms with Gasteiger partial charge in [0, 0.05) is 25.4 Å². The van der Waals surface area contributed by atoms with E-state index in [4.69, 9.17) is 0 Å². The minimum absolute atomic E-state index is 0.0749. The molecule has 1 saturated heterocycles. The summed E-state index contributed by atoms with van der Waals surface area (Å²) in [5, 5.41) is 0. The standard InChI is InChI=1S/C7H12BF3NO/c1-6-4-12(3-2-7(6)13)5-8(9,10)11/h6H,2-5H2,1H3/q-1. The Bertz CT molecular complexity index is 206. The number of ketones is 1. The maximum absolute atomic E-state index is 12.0. The van der Waals surface area contributed by atoms with E-state index in [0.717, 1.165) is 0 Å². The lowest BCUT2D eigenvalue weighted by molar-refractivity contribution is -0.125. The second-order valence-electron chi connectivity index (χ2n) is 3.59. The third kappa shape index (κ3) is 3.38. The molecule has 0 aromatic carbocycles. The molecule has 1 atom stereocenters. The van der Waals surface area contributed by atoms with Gasteiger partial charge in [0.1, 0.15) is 5.78 Å².